The number of nitrogens with zero attached hydrogens (tertiary/aromatic N) is 2. The lowest BCUT2D eigenvalue weighted by Crippen LogP contribution is -2.25. The molecular formula is C10H8ClFN2O3. The van der Waals surface area contributed by atoms with Crippen LogP contribution in [0.3, 0.4) is 0 Å². The SMILES string of the molecule is O=C1CC(Cl)CN1c1cc([N+](=O)[O-])ccc1F. The average molecular weight is 259 g/mol. The predicted octanol–water partition coefficient (Wildman–Crippen LogP) is 2.08. The van der Waals surface area contributed by atoms with Crippen molar-refractivity contribution >= 4 is 28.9 Å². The van der Waals surface area contributed by atoms with Crippen molar-refractivity contribution in [3.8, 4) is 0 Å². The summed E-state index contributed by atoms with van der Waals surface area (Å²) >= 11 is 5.79. The third-order valence-electron chi connectivity index (χ3n) is 2.51. The second kappa shape index (κ2) is 4.29. The zero-order valence-electron chi connectivity index (χ0n) is 8.60. The Morgan fingerprint density at radius 2 is 2.24 bits per heavy atom. The van der Waals surface area contributed by atoms with Gasteiger partial charge < -0.3 is 4.90 Å². The Morgan fingerprint density at radius 1 is 1.53 bits per heavy atom. The highest BCUT2D eigenvalue weighted by molar-refractivity contribution is 6.24. The van der Waals surface area contributed by atoms with Gasteiger partial charge in [-0.25, -0.2) is 4.39 Å². The fraction of sp³-hybridized carbons (Fsp3) is 0.300. The highest BCUT2D eigenvalue weighted by Gasteiger charge is 2.31. The number of amides is 1. The van der Waals surface area contributed by atoms with Crippen LogP contribution in [0.2, 0.25) is 0 Å². The van der Waals surface area contributed by atoms with Gasteiger partial charge in [-0.1, -0.05) is 0 Å². The number of hydrogen-bond donors (Lipinski definition) is 0. The number of nitro benzene ring substituents is 1. The Bertz CT molecular complexity index is 494. The number of anilines is 1. The molecule has 1 aliphatic rings. The van der Waals surface area contributed by atoms with Crippen molar-refractivity contribution in [2.75, 3.05) is 11.4 Å². The van der Waals surface area contributed by atoms with Gasteiger partial charge in [-0.15, -0.1) is 11.6 Å². The van der Waals surface area contributed by atoms with Crippen molar-refractivity contribution in [1.29, 1.82) is 0 Å². The molecule has 17 heavy (non-hydrogen) atoms. The summed E-state index contributed by atoms with van der Waals surface area (Å²) in [5.41, 5.74) is -0.348. The average Bonchev–Trinajstić information content (AvgIpc) is 2.58. The lowest BCUT2D eigenvalue weighted by Gasteiger charge is -2.16. The predicted molar refractivity (Wildman–Crippen MR) is 59.7 cm³/mol. The standard InChI is InChI=1S/C10H8ClFN2O3/c11-6-3-10(15)13(5-6)9-4-7(14(16)17)1-2-8(9)12/h1-2,4,6H,3,5H2. The van der Waals surface area contributed by atoms with E-state index in [0.29, 0.717) is 0 Å². The fourth-order valence-corrected chi connectivity index (χ4v) is 1.99. The van der Waals surface area contributed by atoms with E-state index in [-0.39, 0.29) is 35.6 Å². The Labute approximate surface area is 101 Å². The first-order valence-electron chi connectivity index (χ1n) is 4.87. The summed E-state index contributed by atoms with van der Waals surface area (Å²) in [6, 6.07) is 3.07. The Hall–Kier alpha value is -1.69. The molecule has 0 aromatic heterocycles. The van der Waals surface area contributed by atoms with Crippen LogP contribution in [0.4, 0.5) is 15.8 Å². The van der Waals surface area contributed by atoms with E-state index in [1.54, 1.807) is 0 Å². The Morgan fingerprint density at radius 3 is 2.76 bits per heavy atom. The molecule has 1 saturated heterocycles. The van der Waals surface area contributed by atoms with Crippen LogP contribution in [0.5, 0.6) is 0 Å². The van der Waals surface area contributed by atoms with E-state index < -0.39 is 10.7 Å². The molecular weight excluding hydrogens is 251 g/mol. The summed E-state index contributed by atoms with van der Waals surface area (Å²) in [5, 5.41) is 10.2. The molecule has 0 radical (unpaired) electrons. The van der Waals surface area contributed by atoms with Crippen LogP contribution in [-0.4, -0.2) is 22.8 Å². The van der Waals surface area contributed by atoms with Crippen LogP contribution in [0.15, 0.2) is 18.2 Å². The first-order chi connectivity index (χ1) is 7.99. The molecule has 0 N–H and O–H groups in total. The van der Waals surface area contributed by atoms with Crippen molar-refractivity contribution < 1.29 is 14.1 Å². The molecule has 0 saturated carbocycles. The topological polar surface area (TPSA) is 63.5 Å². The van der Waals surface area contributed by atoms with E-state index in [0.717, 1.165) is 23.1 Å². The van der Waals surface area contributed by atoms with Gasteiger partial charge in [-0.2, -0.15) is 0 Å². The lowest BCUT2D eigenvalue weighted by atomic mass is 10.2. The number of benzene rings is 1. The van der Waals surface area contributed by atoms with Crippen molar-refractivity contribution in [3.63, 3.8) is 0 Å². The zero-order chi connectivity index (χ0) is 12.6. The van der Waals surface area contributed by atoms with Crippen LogP contribution in [0.1, 0.15) is 6.42 Å². The van der Waals surface area contributed by atoms with Gasteiger partial charge in [0.2, 0.25) is 5.91 Å². The van der Waals surface area contributed by atoms with E-state index in [1.165, 1.54) is 0 Å². The minimum absolute atomic E-state index is 0.0904. The second-order valence-electron chi connectivity index (χ2n) is 3.70. The normalized spacial score (nSPS) is 19.8. The minimum atomic E-state index is -0.672. The van der Waals surface area contributed by atoms with Crippen LogP contribution < -0.4 is 4.90 Å². The number of hydrogen-bond acceptors (Lipinski definition) is 3. The molecule has 1 fully saturated rings. The number of alkyl halides is 1. The summed E-state index contributed by atoms with van der Waals surface area (Å²) in [6.45, 7) is 0.165. The van der Waals surface area contributed by atoms with E-state index in [4.69, 9.17) is 11.6 Å². The van der Waals surface area contributed by atoms with Gasteiger partial charge in [0.1, 0.15) is 5.82 Å². The molecule has 1 aromatic carbocycles. The van der Waals surface area contributed by atoms with Crippen LogP contribution in [0.25, 0.3) is 0 Å². The van der Waals surface area contributed by atoms with Crippen molar-refractivity contribution in [2.45, 2.75) is 11.8 Å². The summed E-state index contributed by atoms with van der Waals surface area (Å²) < 4.78 is 13.5. The summed E-state index contributed by atoms with van der Waals surface area (Å²) in [6.07, 6.45) is 0.115. The van der Waals surface area contributed by atoms with Gasteiger partial charge in [0.05, 0.1) is 16.0 Å². The summed E-state index contributed by atoms with van der Waals surface area (Å²) in [4.78, 5) is 22.6. The third-order valence-corrected chi connectivity index (χ3v) is 2.80. The minimum Gasteiger partial charge on any atom is -0.308 e. The van der Waals surface area contributed by atoms with Gasteiger partial charge in [0.15, 0.2) is 0 Å². The molecule has 0 spiro atoms. The van der Waals surface area contributed by atoms with Crippen molar-refractivity contribution in [3.05, 3.63) is 34.1 Å². The van der Waals surface area contributed by atoms with Gasteiger partial charge in [0, 0.05) is 25.1 Å². The van der Waals surface area contributed by atoms with E-state index in [2.05, 4.69) is 0 Å². The van der Waals surface area contributed by atoms with Gasteiger partial charge in [-0.3, -0.25) is 14.9 Å². The number of nitro groups is 1. The zero-order valence-corrected chi connectivity index (χ0v) is 9.35. The molecule has 1 atom stereocenters. The number of rotatable bonds is 2. The van der Waals surface area contributed by atoms with Gasteiger partial charge in [-0.05, 0) is 6.07 Å². The number of carbonyl (C=O) groups excluding carboxylic acids is 1. The first-order valence-corrected chi connectivity index (χ1v) is 5.31. The van der Waals surface area contributed by atoms with E-state index >= 15 is 0 Å². The first kappa shape index (κ1) is 11.8. The molecule has 5 nitrogen and oxygen atoms in total. The highest BCUT2D eigenvalue weighted by atomic mass is 35.5. The van der Waals surface area contributed by atoms with Crippen molar-refractivity contribution in [2.24, 2.45) is 0 Å². The lowest BCUT2D eigenvalue weighted by molar-refractivity contribution is -0.384. The fourth-order valence-electron chi connectivity index (χ4n) is 1.72. The molecule has 1 aromatic rings. The molecule has 1 heterocycles. The maximum absolute atomic E-state index is 13.5. The second-order valence-corrected chi connectivity index (χ2v) is 4.32. The Kier molecular flexibility index (Phi) is 2.97. The van der Waals surface area contributed by atoms with Crippen molar-refractivity contribution in [1.82, 2.24) is 0 Å². The molecule has 7 heteroatoms. The van der Waals surface area contributed by atoms with E-state index in [9.17, 15) is 19.3 Å². The maximum atomic E-state index is 13.5. The molecule has 0 bridgehead atoms. The summed E-state index contributed by atoms with van der Waals surface area (Å²) in [5.74, 6) is -1.00. The largest absolute Gasteiger partial charge is 0.308 e. The maximum Gasteiger partial charge on any atom is 0.271 e. The molecule has 1 aliphatic heterocycles. The molecule has 2 rings (SSSR count). The monoisotopic (exact) mass is 258 g/mol. The van der Waals surface area contributed by atoms with E-state index in [1.807, 2.05) is 0 Å². The molecule has 1 amide bonds. The van der Waals surface area contributed by atoms with Crippen LogP contribution >= 0.6 is 11.6 Å². The number of halogens is 2. The van der Waals surface area contributed by atoms with Gasteiger partial charge >= 0.3 is 0 Å². The van der Waals surface area contributed by atoms with Gasteiger partial charge in [0.25, 0.3) is 5.69 Å². The summed E-state index contributed by atoms with van der Waals surface area (Å²) in [7, 11) is 0. The highest BCUT2D eigenvalue weighted by Crippen LogP contribution is 2.29. The molecule has 0 aliphatic carbocycles. The number of carbonyl (C=O) groups is 1. The third kappa shape index (κ3) is 2.21. The molecule has 90 valence electrons. The quantitative estimate of drug-likeness (QED) is 0.463. The van der Waals surface area contributed by atoms with Crippen LogP contribution in [0, 0.1) is 15.9 Å². The Balaban J connectivity index is 2.41. The van der Waals surface area contributed by atoms with Crippen LogP contribution in [-0.2, 0) is 4.79 Å². The smallest absolute Gasteiger partial charge is 0.271 e. The number of non-ortho nitro benzene ring substituents is 1. The molecule has 1 unspecified atom stereocenters.